The molecule has 0 aromatic heterocycles. The number of rotatable bonds is 2. The monoisotopic (exact) mass is 290 g/mol. The van der Waals surface area contributed by atoms with Crippen LogP contribution in [-0.2, 0) is 11.2 Å². The lowest BCUT2D eigenvalue weighted by Gasteiger charge is -2.36. The van der Waals surface area contributed by atoms with Crippen molar-refractivity contribution in [2.24, 2.45) is 0 Å². The molecule has 3 amide bonds. The van der Waals surface area contributed by atoms with Gasteiger partial charge in [0.25, 0.3) is 0 Å². The van der Waals surface area contributed by atoms with Crippen LogP contribution in [0.1, 0.15) is 5.56 Å². The smallest absolute Gasteiger partial charge is 0.319 e. The molecule has 0 bridgehead atoms. The highest BCUT2D eigenvalue weighted by Gasteiger charge is 2.24. The highest BCUT2D eigenvalue weighted by molar-refractivity contribution is 5.80. The highest BCUT2D eigenvalue weighted by atomic mass is 16.2. The molecule has 2 N–H and O–H groups in total. The highest BCUT2D eigenvalue weighted by Crippen LogP contribution is 2.10. The standard InChI is InChI=1S/C15H22N4O2/c1-17(2)15(21)19-8-6-18(7-9-19)14(20)11-12-4-3-5-13(16)10-12/h3-5,10H,6-9,11,16H2,1-2H3. The fourth-order valence-corrected chi connectivity index (χ4v) is 2.42. The average Bonchev–Trinajstić information content (AvgIpc) is 2.46. The Labute approximate surface area is 125 Å². The number of amides is 3. The Morgan fingerprint density at radius 1 is 1.14 bits per heavy atom. The van der Waals surface area contributed by atoms with Crippen LogP contribution in [0, 0.1) is 0 Å². The summed E-state index contributed by atoms with van der Waals surface area (Å²) in [7, 11) is 3.47. The number of piperazine rings is 1. The lowest BCUT2D eigenvalue weighted by molar-refractivity contribution is -0.131. The molecule has 114 valence electrons. The second-order valence-electron chi connectivity index (χ2n) is 5.47. The molecule has 0 saturated carbocycles. The molecule has 1 aromatic carbocycles. The Morgan fingerprint density at radius 2 is 1.76 bits per heavy atom. The second-order valence-corrected chi connectivity index (χ2v) is 5.47. The number of hydrogen-bond donors (Lipinski definition) is 1. The van der Waals surface area contributed by atoms with Gasteiger partial charge in [-0.25, -0.2) is 4.79 Å². The first-order valence-electron chi connectivity index (χ1n) is 7.06. The lowest BCUT2D eigenvalue weighted by Crippen LogP contribution is -2.53. The summed E-state index contributed by atoms with van der Waals surface area (Å²) in [4.78, 5) is 29.2. The van der Waals surface area contributed by atoms with Crippen LogP contribution in [0.3, 0.4) is 0 Å². The Kier molecular flexibility index (Phi) is 4.67. The van der Waals surface area contributed by atoms with Gasteiger partial charge in [0.1, 0.15) is 0 Å². The van der Waals surface area contributed by atoms with E-state index in [2.05, 4.69) is 0 Å². The third-order valence-corrected chi connectivity index (χ3v) is 3.59. The maximum absolute atomic E-state index is 12.3. The number of carbonyl (C=O) groups excluding carboxylic acids is 2. The fraction of sp³-hybridized carbons (Fsp3) is 0.467. The molecule has 1 heterocycles. The first-order valence-corrected chi connectivity index (χ1v) is 7.06. The number of benzene rings is 1. The van der Waals surface area contributed by atoms with E-state index >= 15 is 0 Å². The van der Waals surface area contributed by atoms with Crippen molar-refractivity contribution in [2.75, 3.05) is 46.0 Å². The minimum Gasteiger partial charge on any atom is -0.399 e. The second kappa shape index (κ2) is 6.47. The van der Waals surface area contributed by atoms with Gasteiger partial charge >= 0.3 is 6.03 Å². The molecule has 1 aliphatic rings. The molecule has 0 radical (unpaired) electrons. The van der Waals surface area contributed by atoms with Crippen molar-refractivity contribution in [3.8, 4) is 0 Å². The minimum atomic E-state index is -0.00191. The maximum Gasteiger partial charge on any atom is 0.319 e. The number of nitrogen functional groups attached to an aromatic ring is 1. The van der Waals surface area contributed by atoms with Crippen LogP contribution >= 0.6 is 0 Å². The first-order chi connectivity index (χ1) is 9.97. The summed E-state index contributed by atoms with van der Waals surface area (Å²) in [6.45, 7) is 2.33. The van der Waals surface area contributed by atoms with Crippen LogP contribution in [0.15, 0.2) is 24.3 Å². The molecule has 6 heteroatoms. The summed E-state index contributed by atoms with van der Waals surface area (Å²) in [5.74, 6) is 0.0811. The Morgan fingerprint density at radius 3 is 2.33 bits per heavy atom. The molecule has 0 spiro atoms. The molecule has 21 heavy (non-hydrogen) atoms. The van der Waals surface area contributed by atoms with E-state index in [9.17, 15) is 9.59 Å². The molecule has 0 unspecified atom stereocenters. The van der Waals surface area contributed by atoms with Crippen molar-refractivity contribution < 1.29 is 9.59 Å². The van der Waals surface area contributed by atoms with E-state index in [0.717, 1.165) is 5.56 Å². The maximum atomic E-state index is 12.3. The molecule has 1 aliphatic heterocycles. The summed E-state index contributed by atoms with van der Waals surface area (Å²) in [5.41, 5.74) is 7.31. The lowest BCUT2D eigenvalue weighted by atomic mass is 10.1. The number of hydrogen-bond acceptors (Lipinski definition) is 3. The summed E-state index contributed by atoms with van der Waals surface area (Å²) in [6, 6.07) is 7.38. The number of nitrogens with two attached hydrogens (primary N) is 1. The Hall–Kier alpha value is -2.24. The zero-order chi connectivity index (χ0) is 15.4. The van der Waals surface area contributed by atoms with Crippen molar-refractivity contribution in [2.45, 2.75) is 6.42 Å². The van der Waals surface area contributed by atoms with E-state index in [-0.39, 0.29) is 11.9 Å². The molecule has 1 aromatic rings. The van der Waals surface area contributed by atoms with Gasteiger partial charge in [0.15, 0.2) is 0 Å². The van der Waals surface area contributed by atoms with E-state index in [1.807, 2.05) is 23.1 Å². The molecular formula is C15H22N4O2. The van der Waals surface area contributed by atoms with Crippen LogP contribution in [0.5, 0.6) is 0 Å². The van der Waals surface area contributed by atoms with Crippen LogP contribution in [-0.4, -0.2) is 66.9 Å². The third-order valence-electron chi connectivity index (χ3n) is 3.59. The molecular weight excluding hydrogens is 268 g/mol. The fourth-order valence-electron chi connectivity index (χ4n) is 2.42. The van der Waals surface area contributed by atoms with Gasteiger partial charge in [0, 0.05) is 46.0 Å². The number of nitrogens with zero attached hydrogens (tertiary/aromatic N) is 3. The third kappa shape index (κ3) is 3.87. The van der Waals surface area contributed by atoms with Crippen LogP contribution in [0.25, 0.3) is 0 Å². The van der Waals surface area contributed by atoms with Crippen LogP contribution in [0.2, 0.25) is 0 Å². The van der Waals surface area contributed by atoms with Gasteiger partial charge in [-0.3, -0.25) is 4.79 Å². The number of carbonyl (C=O) groups is 2. The van der Waals surface area contributed by atoms with E-state index < -0.39 is 0 Å². The average molecular weight is 290 g/mol. The largest absolute Gasteiger partial charge is 0.399 e. The van der Waals surface area contributed by atoms with Crippen molar-refractivity contribution >= 4 is 17.6 Å². The van der Waals surface area contributed by atoms with Gasteiger partial charge in [-0.05, 0) is 17.7 Å². The van der Waals surface area contributed by atoms with Gasteiger partial charge in [0.05, 0.1) is 6.42 Å². The van der Waals surface area contributed by atoms with Crippen molar-refractivity contribution in [3.05, 3.63) is 29.8 Å². The summed E-state index contributed by atoms with van der Waals surface area (Å²) < 4.78 is 0. The summed E-state index contributed by atoms with van der Waals surface area (Å²) in [6.07, 6.45) is 0.354. The van der Waals surface area contributed by atoms with Gasteiger partial charge in [0.2, 0.25) is 5.91 Å². The van der Waals surface area contributed by atoms with Crippen molar-refractivity contribution in [1.29, 1.82) is 0 Å². The summed E-state index contributed by atoms with van der Waals surface area (Å²) >= 11 is 0. The van der Waals surface area contributed by atoms with Crippen molar-refractivity contribution in [3.63, 3.8) is 0 Å². The Bertz CT molecular complexity index is 522. The Balaban J connectivity index is 1.87. The van der Waals surface area contributed by atoms with E-state index in [1.54, 1.807) is 30.0 Å². The van der Waals surface area contributed by atoms with Gasteiger partial charge in [-0.2, -0.15) is 0 Å². The predicted molar refractivity (Wildman–Crippen MR) is 81.8 cm³/mol. The number of urea groups is 1. The topological polar surface area (TPSA) is 69.9 Å². The number of anilines is 1. The van der Waals surface area contributed by atoms with E-state index in [0.29, 0.717) is 38.3 Å². The predicted octanol–water partition coefficient (Wildman–Crippen LogP) is 0.637. The quantitative estimate of drug-likeness (QED) is 0.813. The molecule has 0 atom stereocenters. The van der Waals surface area contributed by atoms with E-state index in [1.165, 1.54) is 0 Å². The van der Waals surface area contributed by atoms with Gasteiger partial charge in [-0.1, -0.05) is 12.1 Å². The van der Waals surface area contributed by atoms with Crippen molar-refractivity contribution in [1.82, 2.24) is 14.7 Å². The molecule has 1 saturated heterocycles. The molecule has 0 aliphatic carbocycles. The SMILES string of the molecule is CN(C)C(=O)N1CCN(C(=O)Cc2cccc(N)c2)CC1. The zero-order valence-corrected chi connectivity index (χ0v) is 12.6. The molecule has 2 rings (SSSR count). The zero-order valence-electron chi connectivity index (χ0n) is 12.6. The van der Waals surface area contributed by atoms with Crippen LogP contribution < -0.4 is 5.73 Å². The minimum absolute atomic E-state index is 0.00191. The summed E-state index contributed by atoms with van der Waals surface area (Å²) in [5, 5.41) is 0. The van der Waals surface area contributed by atoms with Gasteiger partial charge in [-0.15, -0.1) is 0 Å². The van der Waals surface area contributed by atoms with E-state index in [4.69, 9.17) is 5.73 Å². The molecule has 6 nitrogen and oxygen atoms in total. The van der Waals surface area contributed by atoms with Gasteiger partial charge < -0.3 is 20.4 Å². The van der Waals surface area contributed by atoms with Crippen LogP contribution in [0.4, 0.5) is 10.5 Å². The molecule has 1 fully saturated rings. The normalized spacial score (nSPS) is 15.0. The first kappa shape index (κ1) is 15.2.